The zero-order valence-electron chi connectivity index (χ0n) is 16.8. The summed E-state index contributed by atoms with van der Waals surface area (Å²) in [6, 6.07) is 13.9. The molecule has 29 heavy (non-hydrogen) atoms. The van der Waals surface area contributed by atoms with Crippen molar-refractivity contribution in [3.05, 3.63) is 59.7 Å². The first-order valence-electron chi connectivity index (χ1n) is 9.47. The van der Waals surface area contributed by atoms with Gasteiger partial charge in [-0.05, 0) is 48.4 Å². The number of anilines is 1. The Morgan fingerprint density at radius 1 is 1.10 bits per heavy atom. The van der Waals surface area contributed by atoms with Crippen molar-refractivity contribution < 1.29 is 19.1 Å². The van der Waals surface area contributed by atoms with Crippen molar-refractivity contribution in [3.8, 4) is 18.1 Å². The van der Waals surface area contributed by atoms with Crippen LogP contribution < -0.4 is 10.1 Å². The Morgan fingerprint density at radius 2 is 1.79 bits per heavy atom. The fourth-order valence-electron chi connectivity index (χ4n) is 2.65. The van der Waals surface area contributed by atoms with Crippen LogP contribution in [-0.2, 0) is 11.3 Å². The fourth-order valence-corrected chi connectivity index (χ4v) is 2.65. The number of unbranched alkanes of at least 4 members (excludes halogenated alkanes) is 1. The number of urea groups is 1. The summed E-state index contributed by atoms with van der Waals surface area (Å²) < 4.78 is 10.1. The smallest absolute Gasteiger partial charge is 0.337 e. The van der Waals surface area contributed by atoms with E-state index in [1.807, 2.05) is 12.1 Å². The molecule has 0 unspecified atom stereocenters. The highest BCUT2D eigenvalue weighted by molar-refractivity contribution is 5.90. The van der Waals surface area contributed by atoms with Crippen LogP contribution >= 0.6 is 0 Å². The summed E-state index contributed by atoms with van der Waals surface area (Å²) in [7, 11) is 1.35. The third-order valence-corrected chi connectivity index (χ3v) is 4.25. The van der Waals surface area contributed by atoms with Gasteiger partial charge in [0.05, 0.1) is 12.7 Å². The topological polar surface area (TPSA) is 67.9 Å². The number of methoxy groups -OCH3 is 1. The number of ether oxygens (including phenoxy) is 2. The third kappa shape index (κ3) is 6.89. The number of benzene rings is 2. The van der Waals surface area contributed by atoms with Gasteiger partial charge >= 0.3 is 12.0 Å². The van der Waals surface area contributed by atoms with Gasteiger partial charge in [0.1, 0.15) is 12.4 Å². The molecule has 6 nitrogen and oxygen atoms in total. The summed E-state index contributed by atoms with van der Waals surface area (Å²) in [4.78, 5) is 26.1. The van der Waals surface area contributed by atoms with E-state index in [0.717, 1.165) is 18.4 Å². The van der Waals surface area contributed by atoms with Crippen LogP contribution in [0, 0.1) is 12.3 Å². The summed E-state index contributed by atoms with van der Waals surface area (Å²) in [5.74, 6) is 2.67. The molecule has 2 rings (SSSR count). The van der Waals surface area contributed by atoms with Gasteiger partial charge in [0.2, 0.25) is 0 Å². The molecule has 0 radical (unpaired) electrons. The van der Waals surface area contributed by atoms with Gasteiger partial charge in [-0.25, -0.2) is 9.59 Å². The lowest BCUT2D eigenvalue weighted by Crippen LogP contribution is -2.35. The van der Waals surface area contributed by atoms with E-state index >= 15 is 0 Å². The third-order valence-electron chi connectivity index (χ3n) is 4.25. The van der Waals surface area contributed by atoms with Crippen molar-refractivity contribution in [3.63, 3.8) is 0 Å². The largest absolute Gasteiger partial charge is 0.481 e. The molecule has 2 aromatic rings. The zero-order valence-corrected chi connectivity index (χ0v) is 16.8. The molecule has 0 fully saturated rings. The highest BCUT2D eigenvalue weighted by Crippen LogP contribution is 2.17. The van der Waals surface area contributed by atoms with Gasteiger partial charge in [0.15, 0.2) is 0 Å². The number of rotatable bonds is 9. The SMILES string of the molecule is C#CCOc1ccc(NC(=O)N(CCCC)Cc2ccc(C(=O)OC)cc2)cc1. The van der Waals surface area contributed by atoms with Gasteiger partial charge in [0.25, 0.3) is 0 Å². The second-order valence-electron chi connectivity index (χ2n) is 6.41. The predicted octanol–water partition coefficient (Wildman–Crippen LogP) is 4.32. The van der Waals surface area contributed by atoms with Crippen molar-refractivity contribution in [2.45, 2.75) is 26.3 Å². The number of esters is 1. The molecule has 1 N–H and O–H groups in total. The van der Waals surface area contributed by atoms with Crippen LogP contribution in [0.2, 0.25) is 0 Å². The number of nitrogens with one attached hydrogen (secondary N) is 1. The fraction of sp³-hybridized carbons (Fsp3) is 0.304. The van der Waals surface area contributed by atoms with E-state index in [1.54, 1.807) is 41.3 Å². The van der Waals surface area contributed by atoms with Gasteiger partial charge in [-0.15, -0.1) is 6.42 Å². The molecule has 0 atom stereocenters. The number of terminal acetylenes is 1. The normalized spacial score (nSPS) is 9.97. The molecule has 0 heterocycles. The molecule has 0 bridgehead atoms. The lowest BCUT2D eigenvalue weighted by atomic mass is 10.1. The van der Waals surface area contributed by atoms with Crippen LogP contribution in [0.25, 0.3) is 0 Å². The minimum Gasteiger partial charge on any atom is -0.481 e. The van der Waals surface area contributed by atoms with Crippen LogP contribution in [0.15, 0.2) is 48.5 Å². The van der Waals surface area contributed by atoms with Gasteiger partial charge in [-0.1, -0.05) is 31.4 Å². The van der Waals surface area contributed by atoms with E-state index < -0.39 is 0 Å². The minimum absolute atomic E-state index is 0.187. The Kier molecular flexibility index (Phi) is 8.58. The average molecular weight is 394 g/mol. The number of hydrogen-bond acceptors (Lipinski definition) is 4. The summed E-state index contributed by atoms with van der Waals surface area (Å²) in [6.45, 7) is 3.35. The Morgan fingerprint density at radius 3 is 2.38 bits per heavy atom. The number of hydrogen-bond donors (Lipinski definition) is 1. The van der Waals surface area contributed by atoms with E-state index in [2.05, 4.69) is 18.2 Å². The summed E-state index contributed by atoms with van der Waals surface area (Å²) in [5.41, 5.74) is 2.08. The maximum atomic E-state index is 12.8. The monoisotopic (exact) mass is 394 g/mol. The molecule has 0 aliphatic carbocycles. The van der Waals surface area contributed by atoms with Crippen LogP contribution in [0.5, 0.6) is 5.75 Å². The number of carbonyl (C=O) groups excluding carboxylic acids is 2. The second kappa shape index (κ2) is 11.4. The first kappa shape index (κ1) is 21.8. The molecule has 0 saturated carbocycles. The number of carbonyl (C=O) groups is 2. The van der Waals surface area contributed by atoms with Crippen molar-refractivity contribution >= 4 is 17.7 Å². The van der Waals surface area contributed by atoms with Gasteiger partial charge in [0, 0.05) is 18.8 Å². The maximum Gasteiger partial charge on any atom is 0.337 e. The minimum atomic E-state index is -0.383. The van der Waals surface area contributed by atoms with Crippen LogP contribution in [0.4, 0.5) is 10.5 Å². The summed E-state index contributed by atoms with van der Waals surface area (Å²) in [6.07, 6.45) is 7.05. The molecular weight excluding hydrogens is 368 g/mol. The van der Waals surface area contributed by atoms with Gasteiger partial charge < -0.3 is 19.7 Å². The first-order chi connectivity index (χ1) is 14.1. The van der Waals surface area contributed by atoms with Crippen LogP contribution in [-0.4, -0.2) is 37.2 Å². The number of nitrogens with zero attached hydrogens (tertiary/aromatic N) is 1. The van der Waals surface area contributed by atoms with Crippen molar-refractivity contribution in [1.82, 2.24) is 4.90 Å². The van der Waals surface area contributed by atoms with E-state index in [4.69, 9.17) is 15.9 Å². The molecule has 6 heteroatoms. The lowest BCUT2D eigenvalue weighted by molar-refractivity contribution is 0.0600. The molecule has 0 spiro atoms. The van der Waals surface area contributed by atoms with E-state index in [1.165, 1.54) is 7.11 Å². The van der Waals surface area contributed by atoms with E-state index in [-0.39, 0.29) is 18.6 Å². The maximum absolute atomic E-state index is 12.8. The van der Waals surface area contributed by atoms with Crippen LogP contribution in [0.1, 0.15) is 35.7 Å². The molecule has 2 amide bonds. The summed E-state index contributed by atoms with van der Waals surface area (Å²) in [5, 5.41) is 2.91. The molecule has 2 aromatic carbocycles. The van der Waals surface area contributed by atoms with E-state index in [9.17, 15) is 9.59 Å². The Balaban J connectivity index is 2.03. The highest BCUT2D eigenvalue weighted by Gasteiger charge is 2.14. The van der Waals surface area contributed by atoms with Gasteiger partial charge in [-0.3, -0.25) is 0 Å². The lowest BCUT2D eigenvalue weighted by Gasteiger charge is -2.23. The summed E-state index contributed by atoms with van der Waals surface area (Å²) >= 11 is 0. The first-order valence-corrected chi connectivity index (χ1v) is 9.47. The van der Waals surface area contributed by atoms with E-state index in [0.29, 0.717) is 30.1 Å². The highest BCUT2D eigenvalue weighted by atomic mass is 16.5. The standard InChI is InChI=1S/C23H26N2O4/c1-4-6-15-25(17-18-7-9-19(10-8-18)22(26)28-3)23(27)24-20-11-13-21(14-12-20)29-16-5-2/h2,7-14H,4,6,15-17H2,1,3H3,(H,24,27). The predicted molar refractivity (Wildman–Crippen MR) is 113 cm³/mol. The van der Waals surface area contributed by atoms with Crippen molar-refractivity contribution in [2.24, 2.45) is 0 Å². The Hall–Kier alpha value is -3.46. The Bertz CT molecular complexity index is 839. The quantitative estimate of drug-likeness (QED) is 0.508. The van der Waals surface area contributed by atoms with Crippen LogP contribution in [0.3, 0.4) is 0 Å². The molecular formula is C23H26N2O4. The van der Waals surface area contributed by atoms with Crippen molar-refractivity contribution in [1.29, 1.82) is 0 Å². The molecule has 0 aromatic heterocycles. The molecule has 0 saturated heterocycles. The van der Waals surface area contributed by atoms with Crippen molar-refractivity contribution in [2.75, 3.05) is 25.6 Å². The second-order valence-corrected chi connectivity index (χ2v) is 6.41. The Labute approximate surface area is 171 Å². The molecule has 152 valence electrons. The van der Waals surface area contributed by atoms with Gasteiger partial charge in [-0.2, -0.15) is 0 Å². The average Bonchev–Trinajstić information content (AvgIpc) is 2.76. The number of amides is 2. The molecule has 0 aliphatic rings. The molecule has 0 aliphatic heterocycles. The zero-order chi connectivity index (χ0) is 21.1.